The van der Waals surface area contributed by atoms with Crippen molar-refractivity contribution >= 4 is 39.9 Å². The lowest BCUT2D eigenvalue weighted by molar-refractivity contribution is -0.115. The molecule has 1 N–H and O–H groups in total. The maximum absolute atomic E-state index is 12.1. The van der Waals surface area contributed by atoms with Crippen LogP contribution >= 0.6 is 24.0 Å². The zero-order chi connectivity index (χ0) is 14.5. The number of carbonyl (C=O) groups is 1. The van der Waals surface area contributed by atoms with Gasteiger partial charge in [-0.25, -0.2) is 0 Å². The minimum absolute atomic E-state index is 0.000370. The number of rotatable bonds is 3. The van der Waals surface area contributed by atoms with Crippen molar-refractivity contribution in [1.82, 2.24) is 4.90 Å². The Morgan fingerprint density at radius 1 is 1.30 bits per heavy atom. The number of thioether (sulfide) groups is 1. The molecule has 1 aromatic carbocycles. The lowest BCUT2D eigenvalue weighted by Crippen LogP contribution is -2.29. The molecule has 0 unspecified atom stereocenters. The van der Waals surface area contributed by atoms with Crippen LogP contribution in [0.25, 0.3) is 0 Å². The van der Waals surface area contributed by atoms with Crippen molar-refractivity contribution in [2.24, 2.45) is 0 Å². The maximum atomic E-state index is 12.1. The number of carbonyl (C=O) groups excluding carboxylic acids is 1. The monoisotopic (exact) mass is 308 g/mol. The van der Waals surface area contributed by atoms with E-state index in [-0.39, 0.29) is 11.2 Å². The summed E-state index contributed by atoms with van der Waals surface area (Å²) >= 11 is 6.87. The molecule has 20 heavy (non-hydrogen) atoms. The van der Waals surface area contributed by atoms with Gasteiger partial charge in [0.15, 0.2) is 0 Å². The fourth-order valence-electron chi connectivity index (χ4n) is 2.06. The lowest BCUT2D eigenvalue weighted by Gasteiger charge is -2.20. The number of hydrogen-bond donors (Lipinski definition) is 1. The quantitative estimate of drug-likeness (QED) is 0.867. The number of aryl methyl sites for hydroxylation is 1. The summed E-state index contributed by atoms with van der Waals surface area (Å²) in [5.41, 5.74) is 2.01. The molecule has 1 aliphatic rings. The van der Waals surface area contributed by atoms with Gasteiger partial charge in [-0.15, -0.1) is 0 Å². The highest BCUT2D eigenvalue weighted by Crippen LogP contribution is 2.21. The minimum atomic E-state index is -0.176. The van der Waals surface area contributed by atoms with Crippen LogP contribution in [0.2, 0.25) is 0 Å². The predicted molar refractivity (Wildman–Crippen MR) is 90.3 cm³/mol. The highest BCUT2D eigenvalue weighted by molar-refractivity contribution is 8.23. The third-order valence-corrected chi connectivity index (χ3v) is 4.90. The van der Waals surface area contributed by atoms with Crippen LogP contribution in [0.3, 0.4) is 0 Å². The summed E-state index contributed by atoms with van der Waals surface area (Å²) in [6, 6.07) is 7.82. The second-order valence-electron chi connectivity index (χ2n) is 5.08. The number of benzene rings is 1. The molecule has 108 valence electrons. The van der Waals surface area contributed by atoms with E-state index in [4.69, 9.17) is 12.2 Å². The zero-order valence-corrected chi connectivity index (χ0v) is 13.5. The third-order valence-electron chi connectivity index (χ3n) is 3.33. The fourth-order valence-corrected chi connectivity index (χ4v) is 3.48. The molecule has 0 bridgehead atoms. The summed E-state index contributed by atoms with van der Waals surface area (Å²) in [7, 11) is 0. The van der Waals surface area contributed by atoms with Crippen molar-refractivity contribution in [3.05, 3.63) is 29.8 Å². The van der Waals surface area contributed by atoms with Crippen molar-refractivity contribution in [2.75, 3.05) is 18.4 Å². The average Bonchev–Trinajstić information content (AvgIpc) is 2.95. The topological polar surface area (TPSA) is 32.3 Å². The number of nitrogens with zero attached hydrogens (tertiary/aromatic N) is 1. The molecule has 1 aromatic rings. The van der Waals surface area contributed by atoms with E-state index >= 15 is 0 Å². The molecule has 1 amide bonds. The first-order chi connectivity index (χ1) is 9.56. The molecule has 1 atom stereocenters. The van der Waals surface area contributed by atoms with Crippen LogP contribution < -0.4 is 5.32 Å². The molecule has 1 heterocycles. The first kappa shape index (κ1) is 15.3. The van der Waals surface area contributed by atoms with Gasteiger partial charge in [0, 0.05) is 18.8 Å². The standard InChI is InChI=1S/C15H20N2OS2/c1-11-5-7-13(8-6-11)16-14(18)12(2)20-15(19)17-9-3-4-10-17/h5-8,12H,3-4,9-10H2,1-2H3,(H,16,18)/t12-/m1/s1. The van der Waals surface area contributed by atoms with E-state index in [9.17, 15) is 4.79 Å². The van der Waals surface area contributed by atoms with E-state index in [1.54, 1.807) is 0 Å². The minimum Gasteiger partial charge on any atom is -0.358 e. The van der Waals surface area contributed by atoms with Gasteiger partial charge < -0.3 is 10.2 Å². The molecule has 0 aliphatic carbocycles. The molecular formula is C15H20N2OS2. The summed E-state index contributed by atoms with van der Waals surface area (Å²) in [5, 5.41) is 2.75. The van der Waals surface area contributed by atoms with Gasteiger partial charge >= 0.3 is 0 Å². The first-order valence-electron chi connectivity index (χ1n) is 6.89. The Morgan fingerprint density at radius 3 is 2.50 bits per heavy atom. The van der Waals surface area contributed by atoms with Crippen molar-refractivity contribution in [1.29, 1.82) is 0 Å². The Hall–Kier alpha value is -1.07. The second-order valence-corrected chi connectivity index (χ2v) is 7.05. The van der Waals surface area contributed by atoms with Gasteiger partial charge in [-0.3, -0.25) is 4.79 Å². The van der Waals surface area contributed by atoms with Crippen molar-refractivity contribution in [3.8, 4) is 0 Å². The van der Waals surface area contributed by atoms with Gasteiger partial charge in [-0.1, -0.05) is 41.7 Å². The fraction of sp³-hybridized carbons (Fsp3) is 0.467. The van der Waals surface area contributed by atoms with Crippen molar-refractivity contribution in [2.45, 2.75) is 31.9 Å². The molecule has 2 rings (SSSR count). The Morgan fingerprint density at radius 2 is 1.90 bits per heavy atom. The SMILES string of the molecule is Cc1ccc(NC(=O)[C@@H](C)SC(=S)N2CCCC2)cc1. The Bertz CT molecular complexity index is 481. The van der Waals surface area contributed by atoms with Crippen LogP contribution in [0.4, 0.5) is 5.69 Å². The normalized spacial score (nSPS) is 16.0. The summed E-state index contributed by atoms with van der Waals surface area (Å²) in [5.74, 6) is 0.000370. The van der Waals surface area contributed by atoms with Crippen LogP contribution in [0, 0.1) is 6.92 Å². The van der Waals surface area contributed by atoms with E-state index in [2.05, 4.69) is 10.2 Å². The number of anilines is 1. The Kier molecular flexibility index (Phi) is 5.43. The van der Waals surface area contributed by atoms with E-state index in [1.807, 2.05) is 38.1 Å². The van der Waals surface area contributed by atoms with E-state index < -0.39 is 0 Å². The van der Waals surface area contributed by atoms with Gasteiger partial charge in [0.2, 0.25) is 5.91 Å². The van der Waals surface area contributed by atoms with Gasteiger partial charge in [0.05, 0.1) is 5.25 Å². The molecule has 0 radical (unpaired) electrons. The van der Waals surface area contributed by atoms with Crippen LogP contribution in [0.5, 0.6) is 0 Å². The maximum Gasteiger partial charge on any atom is 0.237 e. The number of amides is 1. The summed E-state index contributed by atoms with van der Waals surface area (Å²) in [6.07, 6.45) is 2.40. The van der Waals surface area contributed by atoms with Crippen LogP contribution in [-0.4, -0.2) is 33.5 Å². The highest BCUT2D eigenvalue weighted by atomic mass is 32.2. The first-order valence-corrected chi connectivity index (χ1v) is 8.18. The summed E-state index contributed by atoms with van der Waals surface area (Å²) in [4.78, 5) is 14.3. The van der Waals surface area contributed by atoms with Crippen LogP contribution in [0.1, 0.15) is 25.3 Å². The van der Waals surface area contributed by atoms with E-state index in [0.29, 0.717) is 0 Å². The molecule has 0 saturated carbocycles. The van der Waals surface area contributed by atoms with Gasteiger partial charge in [0.1, 0.15) is 4.32 Å². The Labute approximate surface area is 130 Å². The predicted octanol–water partition coefficient (Wildman–Crippen LogP) is 3.44. The zero-order valence-electron chi connectivity index (χ0n) is 11.9. The molecule has 0 spiro atoms. The molecule has 3 nitrogen and oxygen atoms in total. The molecule has 1 aliphatic heterocycles. The number of likely N-dealkylation sites (tertiary alicyclic amines) is 1. The molecule has 1 fully saturated rings. The smallest absolute Gasteiger partial charge is 0.237 e. The van der Waals surface area contributed by atoms with Gasteiger partial charge in [-0.05, 0) is 38.8 Å². The Balaban J connectivity index is 1.85. The highest BCUT2D eigenvalue weighted by Gasteiger charge is 2.21. The lowest BCUT2D eigenvalue weighted by atomic mass is 10.2. The van der Waals surface area contributed by atoms with E-state index in [0.717, 1.165) is 23.1 Å². The van der Waals surface area contributed by atoms with Crippen molar-refractivity contribution < 1.29 is 4.79 Å². The number of hydrogen-bond acceptors (Lipinski definition) is 3. The molecule has 5 heteroatoms. The van der Waals surface area contributed by atoms with Crippen molar-refractivity contribution in [3.63, 3.8) is 0 Å². The van der Waals surface area contributed by atoms with Crippen LogP contribution in [-0.2, 0) is 4.79 Å². The average molecular weight is 308 g/mol. The largest absolute Gasteiger partial charge is 0.358 e. The molecule has 0 aromatic heterocycles. The third kappa shape index (κ3) is 4.21. The number of thiocarbonyl (C=S) groups is 1. The molecule has 1 saturated heterocycles. The van der Waals surface area contributed by atoms with Gasteiger partial charge in [-0.2, -0.15) is 0 Å². The number of nitrogens with one attached hydrogen (secondary N) is 1. The second kappa shape index (κ2) is 7.09. The molecular weight excluding hydrogens is 288 g/mol. The summed E-state index contributed by atoms with van der Waals surface area (Å²) < 4.78 is 0.842. The van der Waals surface area contributed by atoms with Crippen LogP contribution in [0.15, 0.2) is 24.3 Å². The van der Waals surface area contributed by atoms with E-state index in [1.165, 1.54) is 30.2 Å². The summed E-state index contributed by atoms with van der Waals surface area (Å²) in [6.45, 7) is 5.98. The van der Waals surface area contributed by atoms with Gasteiger partial charge in [0.25, 0.3) is 0 Å².